The van der Waals surface area contributed by atoms with Crippen LogP contribution in [0.25, 0.3) is 0 Å². The van der Waals surface area contributed by atoms with Crippen LogP contribution in [0.15, 0.2) is 40.9 Å². The molecule has 0 saturated heterocycles. The van der Waals surface area contributed by atoms with E-state index in [1.807, 2.05) is 6.92 Å². The minimum Gasteiger partial charge on any atom is -0.490 e. The van der Waals surface area contributed by atoms with Crippen LogP contribution in [0.4, 0.5) is 0 Å². The van der Waals surface area contributed by atoms with E-state index in [0.29, 0.717) is 39.8 Å². The molecule has 2 amide bonds. The minimum atomic E-state index is -0.499. The Morgan fingerprint density at radius 3 is 2.46 bits per heavy atom. The standard InChI is InChI=1S/C19H20BrClN2O5/c1-12-9-14(21)4-6-16(12)28-11-18(24)22-23-19(25)13-3-5-17(15(20)10-13)27-8-7-26-2/h3-6,9-10H,7-8,11H2,1-2H3,(H,22,24)(H,23,25). The second-order valence-electron chi connectivity index (χ2n) is 5.69. The average molecular weight is 472 g/mol. The smallest absolute Gasteiger partial charge is 0.276 e. The fourth-order valence-corrected chi connectivity index (χ4v) is 2.87. The summed E-state index contributed by atoms with van der Waals surface area (Å²) in [5.74, 6) is 0.157. The predicted octanol–water partition coefficient (Wildman–Crippen LogP) is 3.28. The molecule has 0 bridgehead atoms. The molecular formula is C19H20BrClN2O5. The summed E-state index contributed by atoms with van der Waals surface area (Å²) >= 11 is 9.22. The zero-order valence-electron chi connectivity index (χ0n) is 15.4. The van der Waals surface area contributed by atoms with Crippen LogP contribution in [-0.4, -0.2) is 38.7 Å². The van der Waals surface area contributed by atoms with E-state index in [-0.39, 0.29) is 6.61 Å². The number of rotatable bonds is 8. The monoisotopic (exact) mass is 470 g/mol. The minimum absolute atomic E-state index is 0.251. The van der Waals surface area contributed by atoms with Crippen LogP contribution >= 0.6 is 27.5 Å². The Kier molecular flexibility index (Phi) is 8.56. The molecule has 0 aromatic heterocycles. The van der Waals surface area contributed by atoms with Gasteiger partial charge in [0.25, 0.3) is 11.8 Å². The zero-order valence-corrected chi connectivity index (χ0v) is 17.7. The molecule has 0 fully saturated rings. The van der Waals surface area contributed by atoms with Gasteiger partial charge in [0.05, 0.1) is 11.1 Å². The number of aryl methyl sites for hydroxylation is 1. The number of carbonyl (C=O) groups is 2. The van der Waals surface area contributed by atoms with Gasteiger partial charge in [0.1, 0.15) is 18.1 Å². The quantitative estimate of drug-likeness (QED) is 0.456. The number of ether oxygens (including phenoxy) is 3. The van der Waals surface area contributed by atoms with Crippen LogP contribution in [0.5, 0.6) is 11.5 Å². The predicted molar refractivity (Wildman–Crippen MR) is 109 cm³/mol. The van der Waals surface area contributed by atoms with E-state index in [9.17, 15) is 9.59 Å². The van der Waals surface area contributed by atoms with Crippen molar-refractivity contribution in [3.05, 3.63) is 57.0 Å². The third-order valence-corrected chi connectivity index (χ3v) is 4.41. The molecule has 28 heavy (non-hydrogen) atoms. The van der Waals surface area contributed by atoms with Crippen LogP contribution in [0.2, 0.25) is 5.02 Å². The molecule has 0 radical (unpaired) electrons. The van der Waals surface area contributed by atoms with Gasteiger partial charge in [-0.3, -0.25) is 20.4 Å². The van der Waals surface area contributed by atoms with Gasteiger partial charge in [-0.05, 0) is 64.8 Å². The second kappa shape index (κ2) is 10.9. The van der Waals surface area contributed by atoms with E-state index in [0.717, 1.165) is 5.56 Å². The Hall–Kier alpha value is -2.29. The maximum atomic E-state index is 12.2. The Balaban J connectivity index is 1.82. The lowest BCUT2D eigenvalue weighted by Crippen LogP contribution is -2.43. The molecule has 7 nitrogen and oxygen atoms in total. The molecule has 0 unspecified atom stereocenters. The molecule has 0 aliphatic heterocycles. The molecule has 0 saturated carbocycles. The van der Waals surface area contributed by atoms with E-state index < -0.39 is 11.8 Å². The zero-order chi connectivity index (χ0) is 20.5. The number of hydrazine groups is 1. The second-order valence-corrected chi connectivity index (χ2v) is 6.98. The Labute approximate surface area is 176 Å². The van der Waals surface area contributed by atoms with Gasteiger partial charge >= 0.3 is 0 Å². The number of halogens is 2. The van der Waals surface area contributed by atoms with E-state index >= 15 is 0 Å². The van der Waals surface area contributed by atoms with Crippen LogP contribution in [-0.2, 0) is 9.53 Å². The van der Waals surface area contributed by atoms with Crippen molar-refractivity contribution in [3.63, 3.8) is 0 Å². The lowest BCUT2D eigenvalue weighted by atomic mass is 10.2. The first-order valence-corrected chi connectivity index (χ1v) is 9.47. The summed E-state index contributed by atoms with van der Waals surface area (Å²) in [5, 5.41) is 0.586. The van der Waals surface area contributed by atoms with E-state index in [1.165, 1.54) is 0 Å². The molecule has 0 spiro atoms. The van der Waals surface area contributed by atoms with Crippen molar-refractivity contribution in [1.82, 2.24) is 10.9 Å². The van der Waals surface area contributed by atoms with E-state index in [1.54, 1.807) is 43.5 Å². The van der Waals surface area contributed by atoms with E-state index in [4.69, 9.17) is 25.8 Å². The summed E-state index contributed by atoms with van der Waals surface area (Å²) in [7, 11) is 1.59. The molecule has 0 aliphatic rings. The first-order chi connectivity index (χ1) is 13.4. The van der Waals surface area contributed by atoms with Crippen molar-refractivity contribution in [3.8, 4) is 11.5 Å². The SMILES string of the molecule is COCCOc1ccc(C(=O)NNC(=O)COc2ccc(Cl)cc2C)cc1Br. The molecule has 0 aliphatic carbocycles. The highest BCUT2D eigenvalue weighted by Crippen LogP contribution is 2.26. The van der Waals surface area contributed by atoms with Crippen LogP contribution in [0.1, 0.15) is 15.9 Å². The topological polar surface area (TPSA) is 85.9 Å². The fourth-order valence-electron chi connectivity index (χ4n) is 2.15. The van der Waals surface area contributed by atoms with Gasteiger partial charge in [-0.2, -0.15) is 0 Å². The number of nitrogens with one attached hydrogen (secondary N) is 2. The molecule has 2 aromatic rings. The first kappa shape index (κ1) is 22.0. The van der Waals surface area contributed by atoms with Crippen LogP contribution in [0, 0.1) is 6.92 Å². The van der Waals surface area contributed by atoms with Gasteiger partial charge in [-0.1, -0.05) is 11.6 Å². The summed E-state index contributed by atoms with van der Waals surface area (Å²) in [5.41, 5.74) is 5.80. The van der Waals surface area contributed by atoms with Gasteiger partial charge in [-0.15, -0.1) is 0 Å². The average Bonchev–Trinajstić information content (AvgIpc) is 2.66. The van der Waals surface area contributed by atoms with Crippen LogP contribution < -0.4 is 20.3 Å². The summed E-state index contributed by atoms with van der Waals surface area (Å²) < 4.78 is 16.5. The molecule has 9 heteroatoms. The summed E-state index contributed by atoms with van der Waals surface area (Å²) in [6.07, 6.45) is 0. The highest BCUT2D eigenvalue weighted by Gasteiger charge is 2.11. The molecular weight excluding hydrogens is 452 g/mol. The maximum Gasteiger partial charge on any atom is 0.276 e. The van der Waals surface area contributed by atoms with Crippen molar-refractivity contribution in [1.29, 1.82) is 0 Å². The van der Waals surface area contributed by atoms with Gasteiger partial charge in [0.2, 0.25) is 0 Å². The molecule has 150 valence electrons. The molecule has 2 N–H and O–H groups in total. The largest absolute Gasteiger partial charge is 0.490 e. The highest BCUT2D eigenvalue weighted by atomic mass is 79.9. The third-order valence-electron chi connectivity index (χ3n) is 3.55. The van der Waals surface area contributed by atoms with Crippen LogP contribution in [0.3, 0.4) is 0 Å². The Morgan fingerprint density at radius 1 is 1.04 bits per heavy atom. The number of hydrogen-bond donors (Lipinski definition) is 2. The molecule has 2 aromatic carbocycles. The number of carbonyl (C=O) groups excluding carboxylic acids is 2. The third kappa shape index (κ3) is 6.70. The van der Waals surface area contributed by atoms with Crippen molar-refractivity contribution in [2.45, 2.75) is 6.92 Å². The normalized spacial score (nSPS) is 10.3. The Bertz CT molecular complexity index is 847. The molecule has 0 heterocycles. The molecule has 0 atom stereocenters. The maximum absolute atomic E-state index is 12.2. The van der Waals surface area contributed by atoms with Crippen molar-refractivity contribution >= 4 is 39.3 Å². The molecule has 2 rings (SSSR count). The lowest BCUT2D eigenvalue weighted by Gasteiger charge is -2.12. The fraction of sp³-hybridized carbons (Fsp3) is 0.263. The van der Waals surface area contributed by atoms with Crippen molar-refractivity contribution in [2.75, 3.05) is 26.9 Å². The van der Waals surface area contributed by atoms with Gasteiger partial charge in [0.15, 0.2) is 6.61 Å². The number of amides is 2. The van der Waals surface area contributed by atoms with E-state index in [2.05, 4.69) is 26.8 Å². The summed E-state index contributed by atoms with van der Waals surface area (Å²) in [4.78, 5) is 24.1. The number of hydrogen-bond acceptors (Lipinski definition) is 5. The number of methoxy groups -OCH3 is 1. The Morgan fingerprint density at radius 2 is 1.79 bits per heavy atom. The van der Waals surface area contributed by atoms with Crippen molar-refractivity contribution < 1.29 is 23.8 Å². The summed E-state index contributed by atoms with van der Waals surface area (Å²) in [6.45, 7) is 2.42. The highest BCUT2D eigenvalue weighted by molar-refractivity contribution is 9.10. The summed E-state index contributed by atoms with van der Waals surface area (Å²) in [6, 6.07) is 9.92. The van der Waals surface area contributed by atoms with Gasteiger partial charge < -0.3 is 14.2 Å². The van der Waals surface area contributed by atoms with Gasteiger partial charge in [-0.25, -0.2) is 0 Å². The van der Waals surface area contributed by atoms with Gasteiger partial charge in [0, 0.05) is 17.7 Å². The van der Waals surface area contributed by atoms with Crippen molar-refractivity contribution in [2.24, 2.45) is 0 Å². The number of benzene rings is 2. The lowest BCUT2D eigenvalue weighted by molar-refractivity contribution is -0.123. The first-order valence-electron chi connectivity index (χ1n) is 8.30.